The first-order valence-electron chi connectivity index (χ1n) is 7.36. The summed E-state index contributed by atoms with van der Waals surface area (Å²) in [6, 6.07) is 2.15. The number of nitriles is 1. The molecule has 0 radical (unpaired) electrons. The van der Waals surface area contributed by atoms with E-state index in [4.69, 9.17) is 0 Å². The molecule has 7 heteroatoms. The predicted molar refractivity (Wildman–Crippen MR) is 70.2 cm³/mol. The van der Waals surface area contributed by atoms with E-state index in [0.717, 1.165) is 12.8 Å². The number of hydrogen-bond acceptors (Lipinski definition) is 3. The smallest absolute Gasteiger partial charge is 0.337 e. The van der Waals surface area contributed by atoms with Crippen LogP contribution in [-0.2, 0) is 4.79 Å². The molecule has 1 N–H and O–H groups in total. The normalized spacial score (nSPS) is 26.3. The number of alkyl halides is 3. The molecule has 2 aliphatic rings. The Morgan fingerprint density at radius 1 is 1.33 bits per heavy atom. The number of nitrogens with zero attached hydrogens (tertiary/aromatic N) is 2. The summed E-state index contributed by atoms with van der Waals surface area (Å²) in [6.07, 6.45) is -0.582. The summed E-state index contributed by atoms with van der Waals surface area (Å²) in [4.78, 5) is 13.5. The highest BCUT2D eigenvalue weighted by Gasteiger charge is 2.42. The lowest BCUT2D eigenvalue weighted by Gasteiger charge is -2.34. The summed E-state index contributed by atoms with van der Waals surface area (Å²) >= 11 is 0. The molecule has 1 amide bonds. The SMILES string of the molecule is N#CC1(NC(=O)CN2CCC[C@@H](C(F)(F)F)C2)CCCC1. The molecule has 0 aromatic heterocycles. The summed E-state index contributed by atoms with van der Waals surface area (Å²) in [6.45, 7) is 0.312. The first-order chi connectivity index (χ1) is 9.85. The van der Waals surface area contributed by atoms with E-state index in [0.29, 0.717) is 25.8 Å². The molecule has 0 aromatic carbocycles. The van der Waals surface area contributed by atoms with E-state index in [1.807, 2.05) is 0 Å². The van der Waals surface area contributed by atoms with Gasteiger partial charge in [0.05, 0.1) is 18.5 Å². The first-order valence-corrected chi connectivity index (χ1v) is 7.36. The Hall–Kier alpha value is -1.29. The van der Waals surface area contributed by atoms with Crippen LogP contribution in [0.4, 0.5) is 13.2 Å². The van der Waals surface area contributed by atoms with Crippen molar-refractivity contribution in [2.45, 2.75) is 50.2 Å². The summed E-state index contributed by atoms with van der Waals surface area (Å²) in [5.41, 5.74) is -0.809. The molecule has 1 atom stereocenters. The molecule has 0 spiro atoms. The van der Waals surface area contributed by atoms with Gasteiger partial charge in [-0.15, -0.1) is 0 Å². The van der Waals surface area contributed by atoms with Crippen LogP contribution in [0.2, 0.25) is 0 Å². The number of hydrogen-bond donors (Lipinski definition) is 1. The number of piperidine rings is 1. The zero-order valence-electron chi connectivity index (χ0n) is 11.9. The van der Waals surface area contributed by atoms with Crippen molar-refractivity contribution in [3.63, 3.8) is 0 Å². The summed E-state index contributed by atoms with van der Waals surface area (Å²) in [5, 5.41) is 11.9. The molecule has 2 rings (SSSR count). The van der Waals surface area contributed by atoms with E-state index >= 15 is 0 Å². The topological polar surface area (TPSA) is 56.1 Å². The van der Waals surface area contributed by atoms with E-state index in [1.54, 1.807) is 0 Å². The minimum atomic E-state index is -4.20. The van der Waals surface area contributed by atoms with Crippen LogP contribution in [0.5, 0.6) is 0 Å². The average Bonchev–Trinajstić information content (AvgIpc) is 2.87. The van der Waals surface area contributed by atoms with E-state index in [1.165, 1.54) is 4.90 Å². The quantitative estimate of drug-likeness (QED) is 0.869. The highest BCUT2D eigenvalue weighted by Crippen LogP contribution is 2.33. The van der Waals surface area contributed by atoms with Crippen LogP contribution in [0.25, 0.3) is 0 Å². The number of amides is 1. The minimum Gasteiger partial charge on any atom is -0.337 e. The van der Waals surface area contributed by atoms with Gasteiger partial charge in [0.25, 0.3) is 0 Å². The molecule has 4 nitrogen and oxygen atoms in total. The second kappa shape index (κ2) is 6.22. The van der Waals surface area contributed by atoms with Gasteiger partial charge in [0.2, 0.25) is 5.91 Å². The third-order valence-corrected chi connectivity index (χ3v) is 4.39. The monoisotopic (exact) mass is 303 g/mol. The highest BCUT2D eigenvalue weighted by molar-refractivity contribution is 5.79. The Morgan fingerprint density at radius 3 is 2.57 bits per heavy atom. The van der Waals surface area contributed by atoms with Gasteiger partial charge in [-0.1, -0.05) is 0 Å². The van der Waals surface area contributed by atoms with Crippen LogP contribution in [0.15, 0.2) is 0 Å². The van der Waals surface area contributed by atoms with Crippen molar-refractivity contribution in [1.29, 1.82) is 5.26 Å². The fourth-order valence-corrected chi connectivity index (χ4v) is 3.22. The predicted octanol–water partition coefficient (Wildman–Crippen LogP) is 2.21. The molecule has 2 fully saturated rings. The van der Waals surface area contributed by atoms with Crippen LogP contribution in [0.3, 0.4) is 0 Å². The molecular formula is C14H20F3N3O. The molecule has 1 saturated carbocycles. The standard InChI is InChI=1S/C14H20F3N3O/c15-14(16,17)11-4-3-7-20(8-11)9-12(21)19-13(10-18)5-1-2-6-13/h11H,1-9H2,(H,19,21)/t11-/m1/s1. The van der Waals surface area contributed by atoms with Gasteiger partial charge in [-0.25, -0.2) is 0 Å². The molecule has 0 unspecified atom stereocenters. The van der Waals surface area contributed by atoms with Gasteiger partial charge in [-0.3, -0.25) is 9.69 Å². The molecule has 118 valence electrons. The number of carbonyl (C=O) groups is 1. The number of nitrogens with one attached hydrogen (secondary N) is 1. The van der Waals surface area contributed by atoms with E-state index in [9.17, 15) is 23.2 Å². The maximum atomic E-state index is 12.7. The number of carbonyl (C=O) groups excluding carboxylic acids is 1. The average molecular weight is 303 g/mol. The Labute approximate surface area is 122 Å². The summed E-state index contributed by atoms with van der Waals surface area (Å²) < 4.78 is 38.2. The van der Waals surface area contributed by atoms with Crippen LogP contribution >= 0.6 is 0 Å². The van der Waals surface area contributed by atoms with Crippen LogP contribution < -0.4 is 5.32 Å². The van der Waals surface area contributed by atoms with Gasteiger partial charge in [0.1, 0.15) is 5.54 Å². The van der Waals surface area contributed by atoms with Crippen LogP contribution in [-0.4, -0.2) is 42.2 Å². The second-order valence-corrected chi connectivity index (χ2v) is 6.07. The first kappa shape index (κ1) is 16.1. The number of rotatable bonds is 3. The van der Waals surface area contributed by atoms with Crippen molar-refractivity contribution < 1.29 is 18.0 Å². The van der Waals surface area contributed by atoms with Crippen molar-refractivity contribution >= 4 is 5.91 Å². The zero-order valence-corrected chi connectivity index (χ0v) is 11.9. The Morgan fingerprint density at radius 2 is 2.00 bits per heavy atom. The number of likely N-dealkylation sites (tertiary alicyclic amines) is 1. The lowest BCUT2D eigenvalue weighted by atomic mass is 9.97. The fourth-order valence-electron chi connectivity index (χ4n) is 3.22. The summed E-state index contributed by atoms with van der Waals surface area (Å²) in [7, 11) is 0. The van der Waals surface area contributed by atoms with Gasteiger partial charge < -0.3 is 5.32 Å². The Balaban J connectivity index is 1.86. The second-order valence-electron chi connectivity index (χ2n) is 6.07. The Kier molecular flexibility index (Phi) is 4.77. The van der Waals surface area contributed by atoms with Gasteiger partial charge >= 0.3 is 6.18 Å². The van der Waals surface area contributed by atoms with Crippen LogP contribution in [0.1, 0.15) is 38.5 Å². The maximum absolute atomic E-state index is 12.7. The molecule has 1 saturated heterocycles. The molecular weight excluding hydrogens is 283 g/mol. The van der Waals surface area contributed by atoms with Crippen molar-refractivity contribution in [1.82, 2.24) is 10.2 Å². The molecule has 1 heterocycles. The van der Waals surface area contributed by atoms with E-state index in [-0.39, 0.29) is 25.4 Å². The van der Waals surface area contributed by atoms with Crippen molar-refractivity contribution in [3.05, 3.63) is 0 Å². The van der Waals surface area contributed by atoms with Gasteiger partial charge in [-0.2, -0.15) is 18.4 Å². The van der Waals surface area contributed by atoms with Gasteiger partial charge in [0, 0.05) is 6.54 Å². The van der Waals surface area contributed by atoms with E-state index in [2.05, 4.69) is 11.4 Å². The van der Waals surface area contributed by atoms with Crippen molar-refractivity contribution in [3.8, 4) is 6.07 Å². The van der Waals surface area contributed by atoms with Crippen LogP contribution in [0, 0.1) is 17.2 Å². The number of halogens is 3. The molecule has 0 bridgehead atoms. The summed E-state index contributed by atoms with van der Waals surface area (Å²) in [5.74, 6) is -1.70. The largest absolute Gasteiger partial charge is 0.393 e. The molecule has 1 aliphatic carbocycles. The van der Waals surface area contributed by atoms with Crippen molar-refractivity contribution in [2.75, 3.05) is 19.6 Å². The fraction of sp³-hybridized carbons (Fsp3) is 0.857. The maximum Gasteiger partial charge on any atom is 0.393 e. The van der Waals surface area contributed by atoms with Crippen molar-refractivity contribution in [2.24, 2.45) is 5.92 Å². The minimum absolute atomic E-state index is 0.0595. The zero-order chi connectivity index (χ0) is 15.5. The molecule has 1 aliphatic heterocycles. The lowest BCUT2D eigenvalue weighted by Crippen LogP contribution is -2.51. The van der Waals surface area contributed by atoms with Gasteiger partial charge in [-0.05, 0) is 45.1 Å². The van der Waals surface area contributed by atoms with Gasteiger partial charge in [0.15, 0.2) is 0 Å². The third-order valence-electron chi connectivity index (χ3n) is 4.39. The Bertz CT molecular complexity index is 424. The molecule has 0 aromatic rings. The third kappa shape index (κ3) is 4.10. The lowest BCUT2D eigenvalue weighted by molar-refractivity contribution is -0.187. The van der Waals surface area contributed by atoms with E-state index < -0.39 is 17.6 Å². The molecule has 21 heavy (non-hydrogen) atoms. The highest BCUT2D eigenvalue weighted by atomic mass is 19.4.